The van der Waals surface area contributed by atoms with E-state index in [9.17, 15) is 5.11 Å². The number of nitrogens with one attached hydrogen (secondary N) is 1. The molecule has 2 N–H and O–H groups in total. The molecule has 2 atom stereocenters. The maximum atomic E-state index is 9.62. The van der Waals surface area contributed by atoms with Crippen molar-refractivity contribution in [1.82, 2.24) is 15.0 Å². The first-order chi connectivity index (χ1) is 10.1. The van der Waals surface area contributed by atoms with E-state index in [1.54, 1.807) is 0 Å². The summed E-state index contributed by atoms with van der Waals surface area (Å²) in [4.78, 5) is 17.4. The minimum Gasteiger partial charge on any atom is -0.394 e. The van der Waals surface area contributed by atoms with Crippen molar-refractivity contribution < 1.29 is 5.11 Å². The molecule has 1 aromatic rings. The number of hydrogen-bond acceptors (Lipinski definition) is 7. The van der Waals surface area contributed by atoms with Gasteiger partial charge in [-0.15, -0.1) is 0 Å². The summed E-state index contributed by atoms with van der Waals surface area (Å²) in [6, 6.07) is 0.0847. The summed E-state index contributed by atoms with van der Waals surface area (Å²) in [6.07, 6.45) is 2.06. The SMILES string of the molecule is CCCNc1nc(N(C)C)nc(N2CCC(C)C2CO)n1. The van der Waals surface area contributed by atoms with E-state index < -0.39 is 0 Å². The molecule has 1 aliphatic heterocycles. The van der Waals surface area contributed by atoms with Crippen LogP contribution >= 0.6 is 0 Å². The Labute approximate surface area is 126 Å². The molecular weight excluding hydrogens is 268 g/mol. The Morgan fingerprint density at radius 2 is 2.10 bits per heavy atom. The van der Waals surface area contributed by atoms with Gasteiger partial charge in [0.05, 0.1) is 12.6 Å². The largest absolute Gasteiger partial charge is 0.394 e. The minimum absolute atomic E-state index is 0.0847. The van der Waals surface area contributed by atoms with Gasteiger partial charge in [0.25, 0.3) is 0 Å². The van der Waals surface area contributed by atoms with Gasteiger partial charge in [0.1, 0.15) is 0 Å². The monoisotopic (exact) mass is 294 g/mol. The summed E-state index contributed by atoms with van der Waals surface area (Å²) < 4.78 is 0. The fourth-order valence-electron chi connectivity index (χ4n) is 2.53. The summed E-state index contributed by atoms with van der Waals surface area (Å²) in [5, 5.41) is 12.8. The highest BCUT2D eigenvalue weighted by Crippen LogP contribution is 2.28. The second kappa shape index (κ2) is 6.89. The van der Waals surface area contributed by atoms with Crippen LogP contribution in [0.15, 0.2) is 0 Å². The number of nitrogens with zero attached hydrogens (tertiary/aromatic N) is 5. The Bertz CT molecular complexity index is 467. The lowest BCUT2D eigenvalue weighted by Gasteiger charge is -2.26. The lowest BCUT2D eigenvalue weighted by atomic mass is 10.0. The van der Waals surface area contributed by atoms with E-state index >= 15 is 0 Å². The maximum Gasteiger partial charge on any atom is 0.232 e. The average Bonchev–Trinajstić information content (AvgIpc) is 2.85. The molecule has 1 aliphatic rings. The van der Waals surface area contributed by atoms with E-state index in [2.05, 4.69) is 39.0 Å². The van der Waals surface area contributed by atoms with Crippen molar-refractivity contribution in [2.45, 2.75) is 32.7 Å². The molecule has 2 unspecified atom stereocenters. The molecule has 0 aliphatic carbocycles. The van der Waals surface area contributed by atoms with Crippen molar-refractivity contribution in [3.8, 4) is 0 Å². The topological polar surface area (TPSA) is 77.4 Å². The summed E-state index contributed by atoms with van der Waals surface area (Å²) in [6.45, 7) is 6.09. The molecule has 0 amide bonds. The van der Waals surface area contributed by atoms with E-state index in [0.717, 1.165) is 25.9 Å². The van der Waals surface area contributed by atoms with Crippen LogP contribution in [0.3, 0.4) is 0 Å². The van der Waals surface area contributed by atoms with E-state index in [4.69, 9.17) is 0 Å². The molecule has 1 aromatic heterocycles. The molecule has 2 heterocycles. The smallest absolute Gasteiger partial charge is 0.232 e. The fraction of sp³-hybridized carbons (Fsp3) is 0.786. The van der Waals surface area contributed by atoms with Gasteiger partial charge in [0.2, 0.25) is 17.8 Å². The van der Waals surface area contributed by atoms with Gasteiger partial charge in [-0.1, -0.05) is 13.8 Å². The first-order valence-corrected chi connectivity index (χ1v) is 7.61. The molecule has 7 heteroatoms. The lowest BCUT2D eigenvalue weighted by Crippen LogP contribution is -2.37. The third-order valence-electron chi connectivity index (χ3n) is 3.87. The highest BCUT2D eigenvalue weighted by molar-refractivity contribution is 5.46. The predicted octanol–water partition coefficient (Wildman–Crippen LogP) is 0.967. The molecule has 2 rings (SSSR count). The molecule has 1 saturated heterocycles. The van der Waals surface area contributed by atoms with E-state index in [1.165, 1.54) is 0 Å². The number of anilines is 3. The molecule has 0 radical (unpaired) electrons. The maximum absolute atomic E-state index is 9.62. The van der Waals surface area contributed by atoms with Crippen LogP contribution in [0.4, 0.5) is 17.8 Å². The Balaban J connectivity index is 2.31. The first kappa shape index (κ1) is 15.8. The van der Waals surface area contributed by atoms with Crippen molar-refractivity contribution in [2.75, 3.05) is 48.9 Å². The quantitative estimate of drug-likeness (QED) is 0.809. The van der Waals surface area contributed by atoms with Crippen LogP contribution in [0.25, 0.3) is 0 Å². The minimum atomic E-state index is 0.0847. The van der Waals surface area contributed by atoms with Gasteiger partial charge in [-0.05, 0) is 18.8 Å². The molecule has 0 spiro atoms. The number of aliphatic hydroxyl groups is 1. The number of aliphatic hydroxyl groups excluding tert-OH is 1. The standard InChI is InChI=1S/C14H26N6O/c1-5-7-15-12-16-13(19(3)4)18-14(17-12)20-8-6-10(2)11(20)9-21/h10-11,21H,5-9H2,1-4H3,(H,15,16,17,18). The van der Waals surface area contributed by atoms with Crippen molar-refractivity contribution in [2.24, 2.45) is 5.92 Å². The van der Waals surface area contributed by atoms with Gasteiger partial charge in [-0.3, -0.25) is 0 Å². The average molecular weight is 294 g/mol. The number of hydrogen-bond donors (Lipinski definition) is 2. The number of rotatable bonds is 6. The van der Waals surface area contributed by atoms with E-state index in [0.29, 0.717) is 23.8 Å². The van der Waals surface area contributed by atoms with Crippen LogP contribution in [-0.4, -0.2) is 59.9 Å². The normalized spacial score (nSPS) is 21.7. The van der Waals surface area contributed by atoms with E-state index in [1.807, 2.05) is 19.0 Å². The third kappa shape index (κ3) is 3.53. The fourth-order valence-corrected chi connectivity index (χ4v) is 2.53. The third-order valence-corrected chi connectivity index (χ3v) is 3.87. The molecule has 21 heavy (non-hydrogen) atoms. The summed E-state index contributed by atoms with van der Waals surface area (Å²) >= 11 is 0. The van der Waals surface area contributed by atoms with Gasteiger partial charge in [-0.25, -0.2) is 0 Å². The van der Waals surface area contributed by atoms with Crippen LogP contribution in [0.2, 0.25) is 0 Å². The van der Waals surface area contributed by atoms with Crippen LogP contribution in [0.5, 0.6) is 0 Å². The van der Waals surface area contributed by atoms with Crippen molar-refractivity contribution >= 4 is 17.8 Å². The van der Waals surface area contributed by atoms with Crippen molar-refractivity contribution in [3.63, 3.8) is 0 Å². The zero-order chi connectivity index (χ0) is 15.4. The highest BCUT2D eigenvalue weighted by atomic mass is 16.3. The summed E-state index contributed by atoms with van der Waals surface area (Å²) in [7, 11) is 3.83. The summed E-state index contributed by atoms with van der Waals surface area (Å²) in [5.74, 6) is 2.33. The van der Waals surface area contributed by atoms with Crippen LogP contribution in [0.1, 0.15) is 26.7 Å². The van der Waals surface area contributed by atoms with Gasteiger partial charge in [0.15, 0.2) is 0 Å². The van der Waals surface area contributed by atoms with Gasteiger partial charge >= 0.3 is 0 Å². The molecule has 0 bridgehead atoms. The molecule has 118 valence electrons. The first-order valence-electron chi connectivity index (χ1n) is 7.61. The van der Waals surface area contributed by atoms with Crippen LogP contribution in [0, 0.1) is 5.92 Å². The molecule has 7 nitrogen and oxygen atoms in total. The zero-order valence-corrected chi connectivity index (χ0v) is 13.4. The van der Waals surface area contributed by atoms with Gasteiger partial charge < -0.3 is 20.2 Å². The van der Waals surface area contributed by atoms with Crippen LogP contribution < -0.4 is 15.1 Å². The van der Waals surface area contributed by atoms with Crippen LogP contribution in [-0.2, 0) is 0 Å². The highest BCUT2D eigenvalue weighted by Gasteiger charge is 2.32. The number of aromatic nitrogens is 3. The van der Waals surface area contributed by atoms with E-state index in [-0.39, 0.29) is 12.6 Å². The molecular formula is C14H26N6O. The lowest BCUT2D eigenvalue weighted by molar-refractivity contribution is 0.244. The molecule has 0 aromatic carbocycles. The Morgan fingerprint density at radius 1 is 1.33 bits per heavy atom. The Kier molecular flexibility index (Phi) is 5.17. The second-order valence-corrected chi connectivity index (χ2v) is 5.79. The molecule has 0 saturated carbocycles. The predicted molar refractivity (Wildman–Crippen MR) is 84.9 cm³/mol. The van der Waals surface area contributed by atoms with Gasteiger partial charge in [-0.2, -0.15) is 15.0 Å². The van der Waals surface area contributed by atoms with Gasteiger partial charge in [0, 0.05) is 27.2 Å². The zero-order valence-electron chi connectivity index (χ0n) is 13.4. The Hall–Kier alpha value is -1.63. The summed E-state index contributed by atoms with van der Waals surface area (Å²) in [5.41, 5.74) is 0. The van der Waals surface area contributed by atoms with Crippen molar-refractivity contribution in [3.05, 3.63) is 0 Å². The molecule has 1 fully saturated rings. The second-order valence-electron chi connectivity index (χ2n) is 5.79. The Morgan fingerprint density at radius 3 is 2.71 bits per heavy atom. The van der Waals surface area contributed by atoms with Crippen molar-refractivity contribution in [1.29, 1.82) is 0 Å².